The summed E-state index contributed by atoms with van der Waals surface area (Å²) in [5.41, 5.74) is 4.75. The monoisotopic (exact) mass is 470 g/mol. The van der Waals surface area contributed by atoms with E-state index in [-0.39, 0.29) is 24.7 Å². The standard InChI is InChI=1S/C28H26N2O5/c1-34-24-12-19-11-20(15-31)22(16-32)28(21(19)14-25(24)35-2)18-9-10-29-26(13-18)30-23-6-4-3-5-17(23)7-8-27(30)33/h3-10,12-14,20,31-32H,11,15-16H2,1-2H3. The number of fused-ring (bicyclic) bond motifs is 2. The first kappa shape index (κ1) is 22.8. The molecule has 7 heteroatoms. The number of aliphatic hydroxyl groups is 2. The SMILES string of the molecule is COc1cc2c(cc1OC)C(c1ccnc(-n3c(=O)ccc4ccccc43)c1)=C(CO)C(CO)C2. The van der Waals surface area contributed by atoms with Gasteiger partial charge in [0.15, 0.2) is 11.5 Å². The summed E-state index contributed by atoms with van der Waals surface area (Å²) in [6.07, 6.45) is 2.22. The van der Waals surface area contributed by atoms with Crippen LogP contribution in [0.3, 0.4) is 0 Å². The van der Waals surface area contributed by atoms with Crippen LogP contribution in [0.4, 0.5) is 0 Å². The molecule has 0 saturated heterocycles. The van der Waals surface area contributed by atoms with E-state index in [1.54, 1.807) is 31.0 Å². The summed E-state index contributed by atoms with van der Waals surface area (Å²) in [5, 5.41) is 21.4. The maximum absolute atomic E-state index is 12.9. The number of nitrogens with zero attached hydrogens (tertiary/aromatic N) is 2. The van der Waals surface area contributed by atoms with Crippen molar-refractivity contribution in [3.05, 3.63) is 99.5 Å². The van der Waals surface area contributed by atoms with Crippen LogP contribution in [0.25, 0.3) is 22.3 Å². The van der Waals surface area contributed by atoms with Gasteiger partial charge in [-0.1, -0.05) is 18.2 Å². The van der Waals surface area contributed by atoms with Crippen LogP contribution in [0.2, 0.25) is 0 Å². The van der Waals surface area contributed by atoms with Crippen LogP contribution < -0.4 is 15.0 Å². The fraction of sp³-hybridized carbons (Fsp3) is 0.214. The Morgan fingerprint density at radius 3 is 2.51 bits per heavy atom. The quantitative estimate of drug-likeness (QED) is 0.449. The highest BCUT2D eigenvalue weighted by atomic mass is 16.5. The van der Waals surface area contributed by atoms with Gasteiger partial charge in [0.25, 0.3) is 5.56 Å². The Bertz CT molecular complexity index is 1510. The molecule has 35 heavy (non-hydrogen) atoms. The molecule has 4 aromatic rings. The topological polar surface area (TPSA) is 93.8 Å². The second-order valence-electron chi connectivity index (χ2n) is 8.47. The van der Waals surface area contributed by atoms with Gasteiger partial charge >= 0.3 is 0 Å². The number of aliphatic hydroxyl groups excluding tert-OH is 2. The van der Waals surface area contributed by atoms with Crippen molar-refractivity contribution in [2.45, 2.75) is 6.42 Å². The zero-order chi connectivity index (χ0) is 24.5. The second-order valence-corrected chi connectivity index (χ2v) is 8.47. The first-order valence-corrected chi connectivity index (χ1v) is 11.4. The van der Waals surface area contributed by atoms with Crippen molar-refractivity contribution in [3.63, 3.8) is 0 Å². The summed E-state index contributed by atoms with van der Waals surface area (Å²) in [6.45, 7) is -0.311. The van der Waals surface area contributed by atoms with Crippen LogP contribution in [0.5, 0.6) is 11.5 Å². The molecule has 0 aliphatic heterocycles. The Hall–Kier alpha value is -3.94. The van der Waals surface area contributed by atoms with Gasteiger partial charge < -0.3 is 19.7 Å². The van der Waals surface area contributed by atoms with Crippen LogP contribution in [0.15, 0.2) is 77.2 Å². The lowest BCUT2D eigenvalue weighted by molar-refractivity contribution is 0.225. The van der Waals surface area contributed by atoms with E-state index in [9.17, 15) is 15.0 Å². The van der Waals surface area contributed by atoms with Crippen molar-refractivity contribution >= 4 is 16.5 Å². The fourth-order valence-corrected chi connectivity index (χ4v) is 4.93. The van der Waals surface area contributed by atoms with Crippen LogP contribution in [-0.4, -0.2) is 47.2 Å². The Labute approximate surface area is 202 Å². The number of methoxy groups -OCH3 is 2. The van der Waals surface area contributed by atoms with Gasteiger partial charge in [0, 0.05) is 18.2 Å². The van der Waals surface area contributed by atoms with Crippen LogP contribution in [0.1, 0.15) is 16.7 Å². The average Bonchev–Trinajstić information content (AvgIpc) is 2.90. The van der Waals surface area contributed by atoms with Crippen molar-refractivity contribution in [2.75, 3.05) is 27.4 Å². The summed E-state index contributed by atoms with van der Waals surface area (Å²) < 4.78 is 12.6. The number of hydrogen-bond acceptors (Lipinski definition) is 6. The van der Waals surface area contributed by atoms with E-state index >= 15 is 0 Å². The van der Waals surface area contributed by atoms with E-state index in [1.165, 1.54) is 6.07 Å². The molecule has 1 aliphatic carbocycles. The lowest BCUT2D eigenvalue weighted by Crippen LogP contribution is -2.23. The van der Waals surface area contributed by atoms with Crippen molar-refractivity contribution in [1.82, 2.24) is 9.55 Å². The number of benzene rings is 2. The maximum atomic E-state index is 12.9. The molecule has 1 aliphatic rings. The molecule has 2 aromatic heterocycles. The Balaban J connectivity index is 1.76. The smallest absolute Gasteiger partial charge is 0.256 e. The summed E-state index contributed by atoms with van der Waals surface area (Å²) in [6, 6.07) is 18.5. The van der Waals surface area contributed by atoms with Gasteiger partial charge in [0.1, 0.15) is 5.82 Å². The molecule has 0 radical (unpaired) electrons. The van der Waals surface area contributed by atoms with Crippen LogP contribution >= 0.6 is 0 Å². The van der Waals surface area contributed by atoms with Crippen molar-refractivity contribution in [2.24, 2.45) is 5.92 Å². The van der Waals surface area contributed by atoms with Crippen molar-refractivity contribution in [3.8, 4) is 17.3 Å². The molecule has 0 amide bonds. The van der Waals surface area contributed by atoms with E-state index in [0.717, 1.165) is 38.7 Å². The normalized spacial score (nSPS) is 15.3. The molecule has 2 aromatic carbocycles. The number of para-hydroxylation sites is 1. The van der Waals surface area contributed by atoms with E-state index in [1.807, 2.05) is 48.5 Å². The van der Waals surface area contributed by atoms with E-state index in [2.05, 4.69) is 4.98 Å². The molecule has 2 N–H and O–H groups in total. The number of hydrogen-bond donors (Lipinski definition) is 2. The summed E-state index contributed by atoms with van der Waals surface area (Å²) >= 11 is 0. The first-order chi connectivity index (χ1) is 17.1. The molecule has 5 rings (SSSR count). The zero-order valence-corrected chi connectivity index (χ0v) is 19.6. The van der Waals surface area contributed by atoms with Crippen molar-refractivity contribution in [1.29, 1.82) is 0 Å². The Kier molecular flexibility index (Phi) is 6.11. The molecule has 0 bridgehead atoms. The molecular weight excluding hydrogens is 444 g/mol. The largest absolute Gasteiger partial charge is 0.493 e. The van der Waals surface area contributed by atoms with Gasteiger partial charge in [-0.2, -0.15) is 0 Å². The molecule has 0 saturated carbocycles. The molecular formula is C28H26N2O5. The number of ether oxygens (including phenoxy) is 2. The third-order valence-corrected chi connectivity index (χ3v) is 6.62. The van der Waals surface area contributed by atoms with E-state index in [0.29, 0.717) is 23.7 Å². The third-order valence-electron chi connectivity index (χ3n) is 6.62. The number of aromatic nitrogens is 2. The second kappa shape index (κ2) is 9.37. The van der Waals surface area contributed by atoms with Gasteiger partial charge in [-0.3, -0.25) is 9.36 Å². The zero-order valence-electron chi connectivity index (χ0n) is 19.6. The van der Waals surface area contributed by atoms with Crippen LogP contribution in [0, 0.1) is 5.92 Å². The van der Waals surface area contributed by atoms with E-state index < -0.39 is 0 Å². The molecule has 178 valence electrons. The van der Waals surface area contributed by atoms with Crippen molar-refractivity contribution < 1.29 is 19.7 Å². The molecule has 7 nitrogen and oxygen atoms in total. The van der Waals surface area contributed by atoms with Gasteiger partial charge in [0.2, 0.25) is 0 Å². The highest BCUT2D eigenvalue weighted by molar-refractivity contribution is 5.87. The minimum Gasteiger partial charge on any atom is -0.493 e. The van der Waals surface area contributed by atoms with Gasteiger partial charge in [-0.05, 0) is 76.0 Å². The Morgan fingerprint density at radius 2 is 1.77 bits per heavy atom. The highest BCUT2D eigenvalue weighted by Gasteiger charge is 2.29. The predicted octanol–water partition coefficient (Wildman–Crippen LogP) is 3.36. The third kappa shape index (κ3) is 3.88. The summed E-state index contributed by atoms with van der Waals surface area (Å²) in [5.74, 6) is 1.40. The molecule has 2 heterocycles. The highest BCUT2D eigenvalue weighted by Crippen LogP contribution is 2.43. The molecule has 1 atom stereocenters. The van der Waals surface area contributed by atoms with Gasteiger partial charge in [-0.15, -0.1) is 0 Å². The number of rotatable bonds is 6. The minimum absolute atomic E-state index is 0.103. The van der Waals surface area contributed by atoms with Gasteiger partial charge in [0.05, 0.1) is 33.0 Å². The predicted molar refractivity (Wildman–Crippen MR) is 134 cm³/mol. The fourth-order valence-electron chi connectivity index (χ4n) is 4.93. The Morgan fingerprint density at radius 1 is 1.00 bits per heavy atom. The van der Waals surface area contributed by atoms with Gasteiger partial charge in [-0.25, -0.2) is 4.98 Å². The van der Waals surface area contributed by atoms with Crippen LogP contribution in [-0.2, 0) is 6.42 Å². The van der Waals surface area contributed by atoms with E-state index in [4.69, 9.17) is 9.47 Å². The molecule has 0 fully saturated rings. The molecule has 0 spiro atoms. The summed E-state index contributed by atoms with van der Waals surface area (Å²) in [4.78, 5) is 17.4. The summed E-state index contributed by atoms with van der Waals surface area (Å²) in [7, 11) is 3.17. The molecule has 1 unspecified atom stereocenters. The maximum Gasteiger partial charge on any atom is 0.256 e. The number of pyridine rings is 2. The average molecular weight is 471 g/mol. The first-order valence-electron chi connectivity index (χ1n) is 11.4. The lowest BCUT2D eigenvalue weighted by Gasteiger charge is -2.30. The minimum atomic E-state index is -0.252. The lowest BCUT2D eigenvalue weighted by atomic mass is 9.76.